The van der Waals surface area contributed by atoms with Gasteiger partial charge in [-0.15, -0.1) is 0 Å². The summed E-state index contributed by atoms with van der Waals surface area (Å²) in [6.45, 7) is 3.70. The number of carbonyl (C=O) groups is 1. The number of carbonyl (C=O) groups excluding carboxylic acids is 1. The number of nitrogens with zero attached hydrogens (tertiary/aromatic N) is 5. The predicted molar refractivity (Wildman–Crippen MR) is 95.7 cm³/mol. The van der Waals surface area contributed by atoms with E-state index in [4.69, 9.17) is 9.15 Å². The van der Waals surface area contributed by atoms with E-state index in [1.54, 1.807) is 10.9 Å². The van der Waals surface area contributed by atoms with E-state index in [1.807, 2.05) is 0 Å². The average Bonchev–Trinajstić information content (AvgIpc) is 3.12. The number of hydrogen-bond acceptors (Lipinski definition) is 8. The van der Waals surface area contributed by atoms with Crippen LogP contribution in [0.5, 0.6) is 0 Å². The summed E-state index contributed by atoms with van der Waals surface area (Å²) >= 11 is 0. The number of nitrogens with one attached hydrogen (secondary N) is 1. The molecule has 1 aliphatic rings. The molecule has 4 heterocycles. The molecule has 27 heavy (non-hydrogen) atoms. The van der Waals surface area contributed by atoms with Crippen LogP contribution < -0.4 is 15.8 Å². The lowest BCUT2D eigenvalue weighted by Crippen LogP contribution is -2.36. The maximum absolute atomic E-state index is 12.1. The summed E-state index contributed by atoms with van der Waals surface area (Å²) < 4.78 is 11.8. The molecule has 1 aliphatic heterocycles. The van der Waals surface area contributed by atoms with Gasteiger partial charge in [0.15, 0.2) is 5.65 Å². The fourth-order valence-corrected chi connectivity index (χ4v) is 2.94. The Morgan fingerprint density at radius 1 is 1.22 bits per heavy atom. The molecule has 10 heteroatoms. The number of ether oxygens (including phenoxy) is 1. The molecule has 1 fully saturated rings. The molecule has 4 rings (SSSR count). The Hall–Kier alpha value is -3.27. The molecular formula is C17H18N6O4. The van der Waals surface area contributed by atoms with Crippen LogP contribution in [0.25, 0.3) is 11.0 Å². The standard InChI is InChI=1S/C17H18N6O4/c24-14-2-1-12(10-27-14)17(25)18-3-4-23-16-13(9-21-23)15(19-11-20-16)22-5-7-26-8-6-22/h1-2,9-11H,3-8H2,(H,18,25). The molecule has 0 aliphatic carbocycles. The van der Waals surface area contributed by atoms with Gasteiger partial charge in [0.2, 0.25) is 0 Å². The summed E-state index contributed by atoms with van der Waals surface area (Å²) in [5, 5.41) is 8.02. The molecule has 0 spiro atoms. The van der Waals surface area contributed by atoms with Gasteiger partial charge in [-0.1, -0.05) is 0 Å². The molecule has 0 radical (unpaired) electrons. The van der Waals surface area contributed by atoms with Gasteiger partial charge in [-0.2, -0.15) is 5.10 Å². The van der Waals surface area contributed by atoms with Crippen molar-refractivity contribution in [3.63, 3.8) is 0 Å². The Bertz CT molecular complexity index is 988. The maximum Gasteiger partial charge on any atom is 0.335 e. The van der Waals surface area contributed by atoms with Gasteiger partial charge in [-0.3, -0.25) is 4.79 Å². The molecule has 140 valence electrons. The van der Waals surface area contributed by atoms with Crippen molar-refractivity contribution in [3.05, 3.63) is 46.9 Å². The fourth-order valence-electron chi connectivity index (χ4n) is 2.94. The van der Waals surface area contributed by atoms with Crippen molar-refractivity contribution >= 4 is 22.8 Å². The zero-order valence-electron chi connectivity index (χ0n) is 14.5. The van der Waals surface area contributed by atoms with Gasteiger partial charge in [-0.25, -0.2) is 19.4 Å². The Labute approximate surface area is 153 Å². The van der Waals surface area contributed by atoms with E-state index in [9.17, 15) is 9.59 Å². The molecule has 0 atom stereocenters. The lowest BCUT2D eigenvalue weighted by Gasteiger charge is -2.27. The van der Waals surface area contributed by atoms with Crippen LogP contribution in [0.15, 0.2) is 40.1 Å². The van der Waals surface area contributed by atoms with Gasteiger partial charge < -0.3 is 19.4 Å². The first kappa shape index (κ1) is 17.2. The first-order chi connectivity index (χ1) is 13.2. The summed E-state index contributed by atoms with van der Waals surface area (Å²) in [4.78, 5) is 33.9. The normalized spacial score (nSPS) is 14.4. The van der Waals surface area contributed by atoms with Crippen LogP contribution in [0.4, 0.5) is 5.82 Å². The van der Waals surface area contributed by atoms with E-state index in [2.05, 4.69) is 25.3 Å². The minimum atomic E-state index is -0.495. The SMILES string of the molecule is O=C(NCCn1ncc2c(N3CCOCC3)ncnc21)c1ccc(=O)oc1. The van der Waals surface area contributed by atoms with Crippen molar-refractivity contribution in [1.82, 2.24) is 25.1 Å². The Balaban J connectivity index is 1.44. The van der Waals surface area contributed by atoms with Gasteiger partial charge in [0, 0.05) is 25.7 Å². The molecule has 1 saturated heterocycles. The molecule has 0 saturated carbocycles. The Morgan fingerprint density at radius 2 is 2.07 bits per heavy atom. The van der Waals surface area contributed by atoms with Crippen molar-refractivity contribution in [3.8, 4) is 0 Å². The summed E-state index contributed by atoms with van der Waals surface area (Å²) in [6.07, 6.45) is 4.41. The Kier molecular flexibility index (Phi) is 4.79. The monoisotopic (exact) mass is 370 g/mol. The first-order valence-corrected chi connectivity index (χ1v) is 8.58. The number of anilines is 1. The number of hydrogen-bond donors (Lipinski definition) is 1. The highest BCUT2D eigenvalue weighted by Gasteiger charge is 2.18. The smallest absolute Gasteiger partial charge is 0.335 e. The zero-order chi connectivity index (χ0) is 18.6. The van der Waals surface area contributed by atoms with Gasteiger partial charge in [0.05, 0.1) is 36.9 Å². The first-order valence-electron chi connectivity index (χ1n) is 8.58. The van der Waals surface area contributed by atoms with E-state index in [-0.39, 0.29) is 11.5 Å². The summed E-state index contributed by atoms with van der Waals surface area (Å²) in [5.74, 6) is 0.525. The minimum Gasteiger partial charge on any atom is -0.430 e. The lowest BCUT2D eigenvalue weighted by atomic mass is 10.3. The molecule has 0 aromatic carbocycles. The third-order valence-corrected chi connectivity index (χ3v) is 4.30. The molecule has 0 bridgehead atoms. The van der Waals surface area contributed by atoms with Crippen LogP contribution in [0.3, 0.4) is 0 Å². The average molecular weight is 370 g/mol. The number of aromatic nitrogens is 4. The topological polar surface area (TPSA) is 115 Å². The minimum absolute atomic E-state index is 0.289. The van der Waals surface area contributed by atoms with Crippen LogP contribution in [-0.2, 0) is 11.3 Å². The van der Waals surface area contributed by atoms with E-state index in [0.717, 1.165) is 30.6 Å². The zero-order valence-corrected chi connectivity index (χ0v) is 14.5. The number of morpholine rings is 1. The largest absolute Gasteiger partial charge is 0.430 e. The Morgan fingerprint density at radius 3 is 2.85 bits per heavy atom. The summed E-state index contributed by atoms with van der Waals surface area (Å²) in [7, 11) is 0. The molecule has 3 aromatic heterocycles. The fraction of sp³-hybridized carbons (Fsp3) is 0.353. The number of rotatable bonds is 5. The highest BCUT2D eigenvalue weighted by Crippen LogP contribution is 2.23. The maximum atomic E-state index is 12.1. The van der Waals surface area contributed by atoms with Crippen molar-refractivity contribution in [2.45, 2.75) is 6.54 Å². The quantitative estimate of drug-likeness (QED) is 0.670. The van der Waals surface area contributed by atoms with Crippen LogP contribution >= 0.6 is 0 Å². The number of fused-ring (bicyclic) bond motifs is 1. The molecule has 10 nitrogen and oxygen atoms in total. The molecule has 0 unspecified atom stereocenters. The summed E-state index contributed by atoms with van der Waals surface area (Å²) in [5.41, 5.74) is 0.508. The van der Waals surface area contributed by atoms with Gasteiger partial charge >= 0.3 is 5.63 Å². The van der Waals surface area contributed by atoms with Gasteiger partial charge in [-0.05, 0) is 6.07 Å². The van der Waals surface area contributed by atoms with Crippen molar-refractivity contribution in [2.24, 2.45) is 0 Å². The second kappa shape index (κ2) is 7.54. The summed E-state index contributed by atoms with van der Waals surface area (Å²) in [6, 6.07) is 2.63. The molecule has 1 N–H and O–H groups in total. The third-order valence-electron chi connectivity index (χ3n) is 4.30. The second-order valence-electron chi connectivity index (χ2n) is 6.00. The van der Waals surface area contributed by atoms with E-state index >= 15 is 0 Å². The van der Waals surface area contributed by atoms with Gasteiger partial charge in [0.25, 0.3) is 5.91 Å². The van der Waals surface area contributed by atoms with Crippen LogP contribution in [0.2, 0.25) is 0 Å². The number of amides is 1. The highest BCUT2D eigenvalue weighted by atomic mass is 16.5. The van der Waals surface area contributed by atoms with Crippen molar-refractivity contribution in [1.29, 1.82) is 0 Å². The third kappa shape index (κ3) is 3.65. The van der Waals surface area contributed by atoms with Crippen LogP contribution in [0.1, 0.15) is 10.4 Å². The molecule has 3 aromatic rings. The van der Waals surface area contributed by atoms with E-state index in [1.165, 1.54) is 18.5 Å². The molecule has 1 amide bonds. The van der Waals surface area contributed by atoms with Crippen LogP contribution in [-0.4, -0.2) is 58.5 Å². The van der Waals surface area contributed by atoms with Gasteiger partial charge in [0.1, 0.15) is 18.4 Å². The predicted octanol–water partition coefficient (Wildman–Crippen LogP) is 0.0461. The van der Waals surface area contributed by atoms with Crippen LogP contribution in [0, 0.1) is 0 Å². The van der Waals surface area contributed by atoms with E-state index in [0.29, 0.717) is 32.0 Å². The van der Waals surface area contributed by atoms with Crippen molar-refractivity contribution in [2.75, 3.05) is 37.7 Å². The molecular weight excluding hydrogens is 352 g/mol. The van der Waals surface area contributed by atoms with Crippen molar-refractivity contribution < 1.29 is 13.9 Å². The van der Waals surface area contributed by atoms with E-state index < -0.39 is 5.63 Å². The second-order valence-corrected chi connectivity index (χ2v) is 6.00. The lowest BCUT2D eigenvalue weighted by molar-refractivity contribution is 0.0949. The highest BCUT2D eigenvalue weighted by molar-refractivity contribution is 5.93.